The van der Waals surface area contributed by atoms with E-state index in [-0.39, 0.29) is 18.2 Å². The number of carbonyl (C=O) groups excluding carboxylic acids is 2. The van der Waals surface area contributed by atoms with Gasteiger partial charge in [0.05, 0.1) is 17.5 Å². The van der Waals surface area contributed by atoms with Crippen molar-refractivity contribution in [2.75, 3.05) is 23.8 Å². The number of anilines is 2. The van der Waals surface area contributed by atoms with Gasteiger partial charge >= 0.3 is 0 Å². The second kappa shape index (κ2) is 6.01. The van der Waals surface area contributed by atoms with E-state index in [2.05, 4.69) is 15.6 Å². The Balaban J connectivity index is 1.37. The number of fused-ring (bicyclic) bond motifs is 4. The summed E-state index contributed by atoms with van der Waals surface area (Å²) < 4.78 is 12.8. The fourth-order valence-corrected chi connectivity index (χ4v) is 3.45. The summed E-state index contributed by atoms with van der Waals surface area (Å²) in [4.78, 5) is 29.3. The molecule has 0 spiro atoms. The molecule has 0 radical (unpaired) electrons. The molecule has 0 saturated carbocycles. The van der Waals surface area contributed by atoms with Gasteiger partial charge in [-0.05, 0) is 24.3 Å². The summed E-state index contributed by atoms with van der Waals surface area (Å²) in [6.45, 7) is 0.986. The van der Waals surface area contributed by atoms with Crippen molar-refractivity contribution in [2.24, 2.45) is 0 Å². The largest absolute Gasteiger partial charge is 0.486 e. The zero-order chi connectivity index (χ0) is 18.4. The van der Waals surface area contributed by atoms with E-state index in [1.807, 2.05) is 24.3 Å². The van der Waals surface area contributed by atoms with Gasteiger partial charge in [0, 0.05) is 11.8 Å². The first-order chi connectivity index (χ1) is 13.2. The molecule has 3 heterocycles. The topological polar surface area (TPSA) is 94.5 Å². The van der Waals surface area contributed by atoms with Crippen molar-refractivity contribution in [3.05, 3.63) is 42.5 Å². The predicted molar refractivity (Wildman–Crippen MR) is 98.1 cm³/mol. The van der Waals surface area contributed by atoms with Gasteiger partial charge in [0.25, 0.3) is 0 Å². The van der Waals surface area contributed by atoms with E-state index < -0.39 is 6.04 Å². The van der Waals surface area contributed by atoms with Crippen LogP contribution in [-0.2, 0) is 9.59 Å². The molecular formula is C19H16N4O4. The van der Waals surface area contributed by atoms with E-state index in [1.54, 1.807) is 22.8 Å². The summed E-state index contributed by atoms with van der Waals surface area (Å²) in [6.07, 6.45) is 0.00757. The highest BCUT2D eigenvalue weighted by molar-refractivity contribution is 6.03. The number of nitrogens with zero attached hydrogens (tertiary/aromatic N) is 2. The molecule has 2 N–H and O–H groups in total. The fourth-order valence-electron chi connectivity index (χ4n) is 3.45. The van der Waals surface area contributed by atoms with Gasteiger partial charge in [0.15, 0.2) is 11.5 Å². The Bertz CT molecular complexity index is 1070. The van der Waals surface area contributed by atoms with Gasteiger partial charge in [0.1, 0.15) is 19.3 Å². The summed E-state index contributed by atoms with van der Waals surface area (Å²) in [5, 5.41) is 5.57. The number of aromatic nitrogens is 2. The van der Waals surface area contributed by atoms with Crippen molar-refractivity contribution < 1.29 is 19.1 Å². The Morgan fingerprint density at radius 1 is 1.19 bits per heavy atom. The molecule has 0 saturated heterocycles. The van der Waals surface area contributed by atoms with Crippen molar-refractivity contribution in [1.82, 2.24) is 9.55 Å². The van der Waals surface area contributed by atoms with Gasteiger partial charge in [-0.2, -0.15) is 0 Å². The van der Waals surface area contributed by atoms with Crippen molar-refractivity contribution in [3.63, 3.8) is 0 Å². The Morgan fingerprint density at radius 2 is 2.00 bits per heavy atom. The van der Waals surface area contributed by atoms with E-state index in [9.17, 15) is 9.59 Å². The maximum Gasteiger partial charge on any atom is 0.250 e. The highest BCUT2D eigenvalue weighted by atomic mass is 16.6. The van der Waals surface area contributed by atoms with Crippen molar-refractivity contribution in [2.45, 2.75) is 12.5 Å². The Labute approximate surface area is 154 Å². The zero-order valence-corrected chi connectivity index (χ0v) is 14.3. The normalized spacial score (nSPS) is 17.5. The van der Waals surface area contributed by atoms with Gasteiger partial charge in [0.2, 0.25) is 17.8 Å². The van der Waals surface area contributed by atoms with Gasteiger partial charge in [-0.1, -0.05) is 12.1 Å². The molecule has 27 heavy (non-hydrogen) atoms. The number of hydrogen-bond donors (Lipinski definition) is 2. The molecule has 136 valence electrons. The van der Waals surface area contributed by atoms with Crippen LogP contribution in [0.2, 0.25) is 0 Å². The lowest BCUT2D eigenvalue weighted by molar-refractivity contribution is -0.123. The first-order valence-electron chi connectivity index (χ1n) is 8.66. The van der Waals surface area contributed by atoms with Crippen LogP contribution >= 0.6 is 0 Å². The maximum atomic E-state index is 12.6. The molecule has 1 atom stereocenters. The Hall–Kier alpha value is -3.55. The molecule has 2 aromatic carbocycles. The molecular weight excluding hydrogens is 348 g/mol. The standard InChI is InChI=1S/C19H16N4O4/c24-17(20-11-5-6-15-16(9-11)27-8-7-26-15)10-14-18(25)22-19-21-12-3-1-2-4-13(12)23(14)19/h1-6,9,14H,7-8,10H2,(H,20,24)(H,21,22,25)/t14-/m1/s1. The SMILES string of the molecule is O=C(C[C@@H]1C(=O)Nc2nc3ccccc3n21)Nc1ccc2c(c1)OCCO2. The van der Waals surface area contributed by atoms with Crippen LogP contribution in [0.3, 0.4) is 0 Å². The van der Waals surface area contributed by atoms with E-state index in [1.165, 1.54) is 0 Å². The smallest absolute Gasteiger partial charge is 0.250 e. The van der Waals surface area contributed by atoms with Crippen LogP contribution in [0.25, 0.3) is 11.0 Å². The second-order valence-corrected chi connectivity index (χ2v) is 6.41. The predicted octanol–water partition coefficient (Wildman–Crippen LogP) is 2.33. The summed E-state index contributed by atoms with van der Waals surface area (Å²) in [7, 11) is 0. The van der Waals surface area contributed by atoms with Gasteiger partial charge in [-0.25, -0.2) is 4.98 Å². The van der Waals surface area contributed by atoms with E-state index >= 15 is 0 Å². The lowest BCUT2D eigenvalue weighted by Gasteiger charge is -2.19. The van der Waals surface area contributed by atoms with E-state index in [4.69, 9.17) is 9.47 Å². The minimum Gasteiger partial charge on any atom is -0.486 e. The fraction of sp³-hybridized carbons (Fsp3) is 0.211. The third-order valence-electron chi connectivity index (χ3n) is 4.65. The maximum absolute atomic E-state index is 12.6. The first kappa shape index (κ1) is 15.7. The van der Waals surface area contributed by atoms with Crippen molar-refractivity contribution >= 4 is 34.5 Å². The van der Waals surface area contributed by atoms with Crippen LogP contribution in [0.4, 0.5) is 11.6 Å². The van der Waals surface area contributed by atoms with Crippen LogP contribution in [-0.4, -0.2) is 34.6 Å². The minimum atomic E-state index is -0.635. The average Bonchev–Trinajstić information content (AvgIpc) is 3.17. The molecule has 2 aliphatic heterocycles. The van der Waals surface area contributed by atoms with Crippen LogP contribution in [0.1, 0.15) is 12.5 Å². The average molecular weight is 364 g/mol. The number of imidazole rings is 1. The highest BCUT2D eigenvalue weighted by Crippen LogP contribution is 2.34. The third-order valence-corrected chi connectivity index (χ3v) is 4.65. The van der Waals surface area contributed by atoms with Crippen molar-refractivity contribution in [1.29, 1.82) is 0 Å². The molecule has 0 aliphatic carbocycles. The Kier molecular flexibility index (Phi) is 3.49. The second-order valence-electron chi connectivity index (χ2n) is 6.41. The summed E-state index contributed by atoms with van der Waals surface area (Å²) >= 11 is 0. The molecule has 2 aliphatic rings. The number of rotatable bonds is 3. The summed E-state index contributed by atoms with van der Waals surface area (Å²) in [5.41, 5.74) is 2.20. The molecule has 5 rings (SSSR count). The monoisotopic (exact) mass is 364 g/mol. The summed E-state index contributed by atoms with van der Waals surface area (Å²) in [5.74, 6) is 1.22. The molecule has 3 aromatic rings. The Morgan fingerprint density at radius 3 is 2.89 bits per heavy atom. The summed E-state index contributed by atoms with van der Waals surface area (Å²) in [6, 6.07) is 12.1. The minimum absolute atomic E-state index is 0.00757. The van der Waals surface area contributed by atoms with Gasteiger partial charge < -0.3 is 14.8 Å². The number of benzene rings is 2. The molecule has 0 bridgehead atoms. The number of carbonyl (C=O) groups is 2. The van der Waals surface area contributed by atoms with E-state index in [0.29, 0.717) is 36.3 Å². The van der Waals surface area contributed by atoms with Crippen LogP contribution in [0.5, 0.6) is 11.5 Å². The molecule has 8 heteroatoms. The number of hydrogen-bond acceptors (Lipinski definition) is 5. The highest BCUT2D eigenvalue weighted by Gasteiger charge is 2.34. The number of para-hydroxylation sites is 2. The molecule has 8 nitrogen and oxygen atoms in total. The number of amides is 2. The number of nitrogens with one attached hydrogen (secondary N) is 2. The van der Waals surface area contributed by atoms with E-state index in [0.717, 1.165) is 11.0 Å². The van der Waals surface area contributed by atoms with Gasteiger partial charge in [-0.3, -0.25) is 19.5 Å². The quantitative estimate of drug-likeness (QED) is 0.744. The molecule has 0 unspecified atom stereocenters. The van der Waals surface area contributed by atoms with Crippen LogP contribution in [0, 0.1) is 0 Å². The zero-order valence-electron chi connectivity index (χ0n) is 14.3. The molecule has 1 aromatic heterocycles. The molecule has 0 fully saturated rings. The first-order valence-corrected chi connectivity index (χ1v) is 8.66. The van der Waals surface area contributed by atoms with Crippen LogP contribution in [0.15, 0.2) is 42.5 Å². The van der Waals surface area contributed by atoms with Crippen molar-refractivity contribution in [3.8, 4) is 11.5 Å². The van der Waals surface area contributed by atoms with Gasteiger partial charge in [-0.15, -0.1) is 0 Å². The van der Waals surface area contributed by atoms with Crippen LogP contribution < -0.4 is 20.1 Å². The lowest BCUT2D eigenvalue weighted by Crippen LogP contribution is -2.23. The third kappa shape index (κ3) is 2.66. The number of ether oxygens (including phenoxy) is 2. The molecule has 2 amide bonds. The lowest BCUT2D eigenvalue weighted by atomic mass is 10.1.